The summed E-state index contributed by atoms with van der Waals surface area (Å²) in [4.78, 5) is 35.8. The Hall–Kier alpha value is -2.63. The third kappa shape index (κ3) is 3.82. The molecule has 0 spiro atoms. The molecule has 0 saturated heterocycles. The van der Waals surface area contributed by atoms with E-state index in [1.54, 1.807) is 24.3 Å². The van der Waals surface area contributed by atoms with Gasteiger partial charge in [-0.2, -0.15) is 0 Å². The second-order valence-corrected chi connectivity index (χ2v) is 5.96. The molecule has 2 aromatic rings. The number of esters is 1. The van der Waals surface area contributed by atoms with Crippen molar-refractivity contribution < 1.29 is 18.7 Å². The Morgan fingerprint density at radius 2 is 1.92 bits per heavy atom. The molecule has 1 aromatic heterocycles. The fraction of sp³-hybridized carbons (Fsp3) is 0.389. The van der Waals surface area contributed by atoms with Crippen LogP contribution in [0.2, 0.25) is 0 Å². The molecular weight excluding hydrogens is 310 g/mol. The Balaban J connectivity index is 1.61. The maximum absolute atomic E-state index is 12.0. The third-order valence-electron chi connectivity index (χ3n) is 4.17. The number of hydrogen-bond donors (Lipinski definition) is 1. The molecule has 0 bridgehead atoms. The van der Waals surface area contributed by atoms with Gasteiger partial charge in [-0.05, 0) is 25.0 Å². The molecule has 1 heterocycles. The van der Waals surface area contributed by atoms with Crippen LogP contribution in [0.15, 0.2) is 39.5 Å². The highest BCUT2D eigenvalue weighted by Gasteiger charge is 2.19. The minimum Gasteiger partial charge on any atom is -0.452 e. The molecule has 1 aliphatic carbocycles. The summed E-state index contributed by atoms with van der Waals surface area (Å²) < 4.78 is 10.0. The molecule has 24 heavy (non-hydrogen) atoms. The molecule has 126 valence electrons. The summed E-state index contributed by atoms with van der Waals surface area (Å²) >= 11 is 0. The van der Waals surface area contributed by atoms with E-state index in [0.29, 0.717) is 11.0 Å². The molecule has 1 aliphatic rings. The third-order valence-corrected chi connectivity index (χ3v) is 4.17. The number of fused-ring (bicyclic) bond motifs is 1. The van der Waals surface area contributed by atoms with Crippen molar-refractivity contribution in [1.29, 1.82) is 0 Å². The van der Waals surface area contributed by atoms with Crippen molar-refractivity contribution in [2.45, 2.75) is 38.1 Å². The van der Waals surface area contributed by atoms with E-state index >= 15 is 0 Å². The van der Waals surface area contributed by atoms with Gasteiger partial charge < -0.3 is 14.5 Å². The van der Waals surface area contributed by atoms with Crippen LogP contribution in [0, 0.1) is 0 Å². The molecule has 3 rings (SSSR count). The fourth-order valence-corrected chi connectivity index (χ4v) is 2.93. The highest BCUT2D eigenvalue weighted by molar-refractivity contribution is 5.94. The molecule has 6 heteroatoms. The summed E-state index contributed by atoms with van der Waals surface area (Å²) in [6, 6.07) is 8.45. The molecule has 1 amide bonds. The number of hydrogen-bond acceptors (Lipinski definition) is 5. The molecule has 1 N–H and O–H groups in total. The smallest absolute Gasteiger partial charge is 0.351 e. The molecule has 1 aromatic carbocycles. The lowest BCUT2D eigenvalue weighted by molar-refractivity contribution is -0.125. The highest BCUT2D eigenvalue weighted by atomic mass is 16.5. The lowest BCUT2D eigenvalue weighted by atomic mass is 9.95. The van der Waals surface area contributed by atoms with Crippen molar-refractivity contribution in [3.8, 4) is 0 Å². The van der Waals surface area contributed by atoms with Crippen molar-refractivity contribution >= 4 is 22.8 Å². The summed E-state index contributed by atoms with van der Waals surface area (Å²) in [7, 11) is 0. The van der Waals surface area contributed by atoms with Crippen molar-refractivity contribution in [3.05, 3.63) is 46.3 Å². The van der Waals surface area contributed by atoms with Gasteiger partial charge in [0.25, 0.3) is 5.91 Å². The van der Waals surface area contributed by atoms with E-state index in [1.165, 1.54) is 12.5 Å². The van der Waals surface area contributed by atoms with Crippen LogP contribution in [0.3, 0.4) is 0 Å². The Bertz CT molecular complexity index is 804. The first-order chi connectivity index (χ1) is 11.6. The number of carbonyl (C=O) groups excluding carboxylic acids is 2. The zero-order chi connectivity index (χ0) is 16.9. The standard InChI is InChI=1S/C18H19NO5/c20-16(19-13-7-2-1-3-8-13)11-23-17(21)14-10-12-6-4-5-9-15(12)24-18(14)22/h4-6,9-10,13H,1-3,7-8,11H2,(H,19,20). The van der Waals surface area contributed by atoms with Crippen molar-refractivity contribution in [2.75, 3.05) is 6.61 Å². The van der Waals surface area contributed by atoms with E-state index in [9.17, 15) is 14.4 Å². The van der Waals surface area contributed by atoms with Gasteiger partial charge in [-0.3, -0.25) is 4.79 Å². The zero-order valence-electron chi connectivity index (χ0n) is 13.2. The van der Waals surface area contributed by atoms with E-state index in [-0.39, 0.29) is 17.5 Å². The quantitative estimate of drug-likeness (QED) is 0.687. The number of carbonyl (C=O) groups is 2. The largest absolute Gasteiger partial charge is 0.452 e. The minimum atomic E-state index is -0.853. The summed E-state index contributed by atoms with van der Waals surface area (Å²) in [5.41, 5.74) is -0.584. The number of amides is 1. The first kappa shape index (κ1) is 16.2. The summed E-state index contributed by atoms with van der Waals surface area (Å²) in [6.45, 7) is -0.401. The van der Waals surface area contributed by atoms with Crippen LogP contribution in [0.1, 0.15) is 42.5 Å². The first-order valence-electron chi connectivity index (χ1n) is 8.13. The predicted octanol–water partition coefficient (Wildman–Crippen LogP) is 2.40. The van der Waals surface area contributed by atoms with Crippen LogP contribution in [0.5, 0.6) is 0 Å². The highest BCUT2D eigenvalue weighted by Crippen LogP contribution is 2.17. The van der Waals surface area contributed by atoms with E-state index in [0.717, 1.165) is 25.7 Å². The Morgan fingerprint density at radius 1 is 1.17 bits per heavy atom. The van der Waals surface area contributed by atoms with Gasteiger partial charge in [0.2, 0.25) is 0 Å². The second-order valence-electron chi connectivity index (χ2n) is 5.96. The van der Waals surface area contributed by atoms with Gasteiger partial charge in [-0.15, -0.1) is 0 Å². The van der Waals surface area contributed by atoms with Gasteiger partial charge in [0, 0.05) is 11.4 Å². The molecule has 0 unspecified atom stereocenters. The number of ether oxygens (including phenoxy) is 1. The van der Waals surface area contributed by atoms with Gasteiger partial charge in [-0.25, -0.2) is 9.59 Å². The number of benzene rings is 1. The van der Waals surface area contributed by atoms with Crippen LogP contribution in [0.4, 0.5) is 0 Å². The summed E-state index contributed by atoms with van der Waals surface area (Å²) in [6.07, 6.45) is 5.30. The number of para-hydroxylation sites is 1. The predicted molar refractivity (Wildman–Crippen MR) is 87.8 cm³/mol. The van der Waals surface area contributed by atoms with Gasteiger partial charge in [0.1, 0.15) is 11.1 Å². The van der Waals surface area contributed by atoms with Gasteiger partial charge in [0.15, 0.2) is 6.61 Å². The number of nitrogens with one attached hydrogen (secondary N) is 1. The lowest BCUT2D eigenvalue weighted by Crippen LogP contribution is -2.38. The van der Waals surface area contributed by atoms with Crippen LogP contribution in [0.25, 0.3) is 11.0 Å². The average molecular weight is 329 g/mol. The maximum atomic E-state index is 12.0. The normalized spacial score (nSPS) is 15.2. The SMILES string of the molecule is O=C(COC(=O)c1cc2ccccc2oc1=O)NC1CCCCC1. The van der Waals surface area contributed by atoms with Crippen LogP contribution >= 0.6 is 0 Å². The van der Waals surface area contributed by atoms with Gasteiger partial charge in [-0.1, -0.05) is 37.5 Å². The van der Waals surface area contributed by atoms with Gasteiger partial charge in [0.05, 0.1) is 0 Å². The molecular formula is C18H19NO5. The average Bonchev–Trinajstić information content (AvgIpc) is 2.60. The summed E-state index contributed by atoms with van der Waals surface area (Å²) in [5.74, 6) is -1.20. The van der Waals surface area contributed by atoms with E-state index in [1.807, 2.05) is 0 Å². The molecule has 0 aliphatic heterocycles. The molecule has 0 atom stereocenters. The lowest BCUT2D eigenvalue weighted by Gasteiger charge is -2.22. The molecule has 0 radical (unpaired) electrons. The van der Waals surface area contributed by atoms with Crippen molar-refractivity contribution in [3.63, 3.8) is 0 Å². The molecule has 1 saturated carbocycles. The van der Waals surface area contributed by atoms with Gasteiger partial charge >= 0.3 is 11.6 Å². The fourth-order valence-electron chi connectivity index (χ4n) is 2.93. The number of rotatable bonds is 4. The molecule has 1 fully saturated rings. The Kier molecular flexibility index (Phi) is 4.93. The van der Waals surface area contributed by atoms with Crippen LogP contribution in [-0.2, 0) is 9.53 Å². The van der Waals surface area contributed by atoms with Crippen molar-refractivity contribution in [2.24, 2.45) is 0 Å². The second kappa shape index (κ2) is 7.29. The Morgan fingerprint density at radius 3 is 2.71 bits per heavy atom. The van der Waals surface area contributed by atoms with E-state index in [2.05, 4.69) is 5.32 Å². The Labute approximate surface area is 138 Å². The zero-order valence-corrected chi connectivity index (χ0v) is 13.2. The first-order valence-corrected chi connectivity index (χ1v) is 8.13. The minimum absolute atomic E-state index is 0.149. The van der Waals surface area contributed by atoms with Crippen LogP contribution < -0.4 is 10.9 Å². The molecule has 6 nitrogen and oxygen atoms in total. The van der Waals surface area contributed by atoms with E-state index < -0.39 is 18.2 Å². The van der Waals surface area contributed by atoms with E-state index in [4.69, 9.17) is 9.15 Å². The monoisotopic (exact) mass is 329 g/mol. The van der Waals surface area contributed by atoms with Crippen molar-refractivity contribution in [1.82, 2.24) is 5.32 Å². The van der Waals surface area contributed by atoms with Crippen LogP contribution in [-0.4, -0.2) is 24.5 Å². The maximum Gasteiger partial charge on any atom is 0.351 e. The summed E-state index contributed by atoms with van der Waals surface area (Å²) in [5, 5.41) is 3.47. The topological polar surface area (TPSA) is 85.6 Å².